The first-order valence-corrected chi connectivity index (χ1v) is 15.1. The van der Waals surface area contributed by atoms with Crippen LogP contribution in [-0.4, -0.2) is 37.8 Å². The Morgan fingerprint density at radius 2 is 1.72 bits per heavy atom. The van der Waals surface area contributed by atoms with E-state index in [9.17, 15) is 4.39 Å². The Balaban J connectivity index is 2.43. The van der Waals surface area contributed by atoms with E-state index in [0.717, 1.165) is 29.8 Å². The first-order valence-electron chi connectivity index (χ1n) is 15.1. The molecule has 0 unspecified atom stereocenters. The molecule has 0 aliphatic carbocycles. The summed E-state index contributed by atoms with van der Waals surface area (Å²) in [5.41, 5.74) is 12.6. The molecule has 46 heavy (non-hydrogen) atoms. The van der Waals surface area contributed by atoms with Crippen molar-refractivity contribution in [3.8, 4) is 0 Å². The fraction of sp³-hybridized carbons (Fsp3) is 0.237. The quantitative estimate of drug-likeness (QED) is 0.0690. The Hall–Kier alpha value is -4.95. The number of allylic oxidation sites excluding steroid dienone is 11. The summed E-state index contributed by atoms with van der Waals surface area (Å²) >= 11 is 0. The molecule has 8 heteroatoms. The zero-order chi connectivity index (χ0) is 34.6. The fourth-order valence-electron chi connectivity index (χ4n) is 4.50. The third-order valence-corrected chi connectivity index (χ3v) is 7.31. The van der Waals surface area contributed by atoms with Crippen molar-refractivity contribution >= 4 is 28.2 Å². The Bertz CT molecular complexity index is 1620. The van der Waals surface area contributed by atoms with E-state index in [2.05, 4.69) is 42.3 Å². The second-order valence-corrected chi connectivity index (χ2v) is 11.1. The molecule has 0 fully saturated rings. The van der Waals surface area contributed by atoms with Gasteiger partial charge in [0.2, 0.25) is 0 Å². The highest BCUT2D eigenvalue weighted by atomic mass is 19.1. The largest absolute Gasteiger partial charge is 0.396 e. The molecule has 0 spiro atoms. The highest BCUT2D eigenvalue weighted by Gasteiger charge is 2.17. The van der Waals surface area contributed by atoms with Crippen LogP contribution in [0.3, 0.4) is 0 Å². The lowest BCUT2D eigenvalue weighted by molar-refractivity contribution is 0.425. The minimum absolute atomic E-state index is 0.0707. The number of nitrogen functional groups attached to an aromatic ring is 1. The second kappa shape index (κ2) is 17.5. The molecule has 2 rings (SSSR count). The summed E-state index contributed by atoms with van der Waals surface area (Å²) in [4.78, 5) is 2.04. The van der Waals surface area contributed by atoms with Crippen molar-refractivity contribution in [3.63, 3.8) is 0 Å². The lowest BCUT2D eigenvalue weighted by Crippen LogP contribution is -2.21. The smallest absolute Gasteiger partial charge is 0.147 e. The van der Waals surface area contributed by atoms with Crippen molar-refractivity contribution in [1.82, 2.24) is 15.5 Å². The van der Waals surface area contributed by atoms with Crippen molar-refractivity contribution in [2.75, 3.05) is 38.2 Å². The number of nitrogens with zero attached hydrogens (tertiary/aromatic N) is 1. The van der Waals surface area contributed by atoms with Crippen LogP contribution in [0.25, 0.3) is 11.1 Å². The molecule has 0 radical (unpaired) electrons. The van der Waals surface area contributed by atoms with Gasteiger partial charge in [0.25, 0.3) is 0 Å². The number of nitrogens with two attached hydrogens (primary N) is 1. The molecule has 0 saturated carbocycles. The number of hydrogen-bond acceptors (Lipinski definition) is 6. The zero-order valence-electron chi connectivity index (χ0n) is 28.0. The van der Waals surface area contributed by atoms with Gasteiger partial charge in [-0.2, -0.15) is 0 Å². The van der Waals surface area contributed by atoms with Gasteiger partial charge in [0.15, 0.2) is 0 Å². The summed E-state index contributed by atoms with van der Waals surface area (Å²) < 4.78 is 29.9. The van der Waals surface area contributed by atoms with Crippen molar-refractivity contribution in [1.29, 1.82) is 5.41 Å². The molecule has 2 aromatic rings. The predicted molar refractivity (Wildman–Crippen MR) is 194 cm³/mol. The lowest BCUT2D eigenvalue weighted by Gasteiger charge is -2.19. The normalized spacial score (nSPS) is 12.8. The van der Waals surface area contributed by atoms with E-state index < -0.39 is 5.82 Å². The lowest BCUT2D eigenvalue weighted by atomic mass is 9.95. The topological polar surface area (TPSA) is 89.2 Å². The van der Waals surface area contributed by atoms with Crippen LogP contribution in [0.15, 0.2) is 115 Å². The second-order valence-electron chi connectivity index (χ2n) is 11.1. The molecule has 6 N–H and O–H groups in total. The highest BCUT2D eigenvalue weighted by Crippen LogP contribution is 2.30. The number of benzene rings is 2. The van der Waals surface area contributed by atoms with Crippen molar-refractivity contribution in [3.05, 3.63) is 144 Å². The van der Waals surface area contributed by atoms with Crippen molar-refractivity contribution in [2.45, 2.75) is 34.1 Å². The minimum atomic E-state index is -0.648. The Labute approximate surface area is 273 Å². The third kappa shape index (κ3) is 10.3. The van der Waals surface area contributed by atoms with Crippen molar-refractivity contribution < 1.29 is 8.78 Å². The van der Waals surface area contributed by atoms with Crippen molar-refractivity contribution in [2.24, 2.45) is 0 Å². The van der Waals surface area contributed by atoms with E-state index in [1.54, 1.807) is 24.3 Å². The molecule has 0 aromatic heterocycles. The average molecular weight is 627 g/mol. The summed E-state index contributed by atoms with van der Waals surface area (Å²) in [7, 11) is 3.95. The van der Waals surface area contributed by atoms with Gasteiger partial charge in [0.05, 0.1) is 17.1 Å². The number of hydrogen-bond donors (Lipinski definition) is 5. The van der Waals surface area contributed by atoms with Crippen LogP contribution in [0.4, 0.5) is 20.2 Å². The molecule has 0 heterocycles. The van der Waals surface area contributed by atoms with Gasteiger partial charge in [-0.15, -0.1) is 0 Å². The van der Waals surface area contributed by atoms with Gasteiger partial charge in [-0.1, -0.05) is 51.5 Å². The Kier molecular flexibility index (Phi) is 14.2. The predicted octanol–water partition coefficient (Wildman–Crippen LogP) is 8.54. The minimum Gasteiger partial charge on any atom is -0.396 e. The first-order chi connectivity index (χ1) is 21.8. The van der Waals surface area contributed by atoms with Gasteiger partial charge in [0.1, 0.15) is 11.6 Å². The van der Waals surface area contributed by atoms with Crippen LogP contribution >= 0.6 is 0 Å². The van der Waals surface area contributed by atoms with E-state index in [1.807, 2.05) is 64.9 Å². The maximum absolute atomic E-state index is 15.2. The summed E-state index contributed by atoms with van der Waals surface area (Å²) in [6, 6.07) is 7.82. The Morgan fingerprint density at radius 3 is 2.30 bits per heavy atom. The van der Waals surface area contributed by atoms with Crippen LogP contribution in [-0.2, 0) is 0 Å². The standard InChI is InChI=1S/C38H48F2N6/c1-11-15-34(30-18-31(39)23-33(20-30)43-16-17-46(9)10)25(6)26(7)45-27(8)37(41)35-21-29(22-36(40)38(35)42)28(13-3)19-32(14-4)44-24(5)12-2/h11,13-15,18-23,41,43-45H,1,4-5,8,12,16-17,42H2,2-3,6-7,9-10H3/b26-25+,28-13+,32-19+,34-15+,41-37?. The number of halogens is 2. The molecule has 0 saturated heterocycles. The van der Waals surface area contributed by atoms with E-state index in [1.165, 1.54) is 18.2 Å². The summed E-state index contributed by atoms with van der Waals surface area (Å²) in [6.45, 7) is 24.7. The zero-order valence-corrected chi connectivity index (χ0v) is 28.0. The number of rotatable bonds is 17. The maximum Gasteiger partial charge on any atom is 0.147 e. The summed E-state index contributed by atoms with van der Waals surface area (Å²) in [5.74, 6) is -1.02. The van der Waals surface area contributed by atoms with Gasteiger partial charge < -0.3 is 26.6 Å². The molecule has 0 amide bonds. The number of nitrogens with one attached hydrogen (secondary N) is 4. The van der Waals surface area contributed by atoms with Gasteiger partial charge in [-0.05, 0) is 112 Å². The van der Waals surface area contributed by atoms with Crippen LogP contribution in [0, 0.1) is 17.0 Å². The van der Waals surface area contributed by atoms with E-state index in [0.29, 0.717) is 40.3 Å². The monoisotopic (exact) mass is 626 g/mol. The van der Waals surface area contributed by atoms with Crippen LogP contribution in [0.1, 0.15) is 50.8 Å². The third-order valence-electron chi connectivity index (χ3n) is 7.31. The highest BCUT2D eigenvalue weighted by molar-refractivity contribution is 6.13. The summed E-state index contributed by atoms with van der Waals surface area (Å²) in [5, 5.41) is 18.5. The van der Waals surface area contributed by atoms with Crippen LogP contribution in [0.5, 0.6) is 0 Å². The number of anilines is 2. The molecular weight excluding hydrogens is 578 g/mol. The molecule has 0 aliphatic heterocycles. The molecule has 0 bridgehead atoms. The molecule has 0 aliphatic rings. The molecular formula is C38H48F2N6. The van der Waals surface area contributed by atoms with Crippen LogP contribution in [0.2, 0.25) is 0 Å². The first kappa shape index (κ1) is 37.2. The van der Waals surface area contributed by atoms with Gasteiger partial charge in [-0.3, -0.25) is 5.41 Å². The van der Waals surface area contributed by atoms with Crippen LogP contribution < -0.4 is 21.7 Å². The van der Waals surface area contributed by atoms with E-state index >= 15 is 4.39 Å². The molecule has 2 aromatic carbocycles. The Morgan fingerprint density at radius 1 is 1.02 bits per heavy atom. The maximum atomic E-state index is 15.2. The molecule has 6 nitrogen and oxygen atoms in total. The van der Waals surface area contributed by atoms with Gasteiger partial charge in [-0.25, -0.2) is 8.78 Å². The van der Waals surface area contributed by atoms with Gasteiger partial charge >= 0.3 is 0 Å². The van der Waals surface area contributed by atoms with E-state index in [4.69, 9.17) is 11.1 Å². The number of likely N-dealkylation sites (N-methyl/N-ethyl adjacent to an activating group) is 1. The summed E-state index contributed by atoms with van der Waals surface area (Å²) in [6.07, 6.45) is 9.51. The molecule has 0 atom stereocenters. The fourth-order valence-corrected chi connectivity index (χ4v) is 4.50. The average Bonchev–Trinajstić information content (AvgIpc) is 3.01. The SMILES string of the molecule is C=C/C=C(\C(C)=C(/C)NC(=C)C(=N)c1cc(C(/C=C(\C=C)NC(=C)CC)=C/C)cc(F)c1N)c1cc(F)cc(NCCN(C)C)c1. The van der Waals surface area contributed by atoms with Gasteiger partial charge in [0, 0.05) is 41.4 Å². The molecule has 244 valence electrons. The van der Waals surface area contributed by atoms with E-state index in [-0.39, 0.29) is 28.5 Å².